The topological polar surface area (TPSA) is 66.5 Å². The summed E-state index contributed by atoms with van der Waals surface area (Å²) in [6.07, 6.45) is 1.08. The first-order chi connectivity index (χ1) is 13.3. The van der Waals surface area contributed by atoms with E-state index in [1.54, 1.807) is 24.3 Å². The Hall–Kier alpha value is -1.89. The van der Waals surface area contributed by atoms with Gasteiger partial charge in [0.05, 0.1) is 5.75 Å². The molecule has 1 fully saturated rings. The van der Waals surface area contributed by atoms with Crippen LogP contribution in [0.15, 0.2) is 48.5 Å². The van der Waals surface area contributed by atoms with E-state index in [1.807, 2.05) is 31.2 Å². The van der Waals surface area contributed by atoms with Crippen molar-refractivity contribution < 1.29 is 13.2 Å². The molecule has 2 aromatic carbocycles. The lowest BCUT2D eigenvalue weighted by Crippen LogP contribution is -2.43. The third-order valence-corrected chi connectivity index (χ3v) is 7.17. The normalized spacial score (nSPS) is 16.1. The molecule has 1 N–H and O–H groups in total. The van der Waals surface area contributed by atoms with Crippen molar-refractivity contribution in [3.63, 3.8) is 0 Å². The second kappa shape index (κ2) is 9.07. The third kappa shape index (κ3) is 5.56. The lowest BCUT2D eigenvalue weighted by atomic mass is 9.97. The first kappa shape index (κ1) is 20.8. The van der Waals surface area contributed by atoms with Gasteiger partial charge in [-0.05, 0) is 43.0 Å². The van der Waals surface area contributed by atoms with E-state index in [4.69, 9.17) is 11.6 Å². The molecular formula is C21H25ClN2O3S. The van der Waals surface area contributed by atoms with Crippen molar-refractivity contribution in [3.8, 4) is 0 Å². The average Bonchev–Trinajstić information content (AvgIpc) is 2.69. The monoisotopic (exact) mass is 420 g/mol. The Labute approximate surface area is 171 Å². The van der Waals surface area contributed by atoms with Crippen LogP contribution in [0.3, 0.4) is 0 Å². The van der Waals surface area contributed by atoms with E-state index < -0.39 is 10.0 Å². The summed E-state index contributed by atoms with van der Waals surface area (Å²) < 4.78 is 26.8. The number of carbonyl (C=O) groups is 1. The quantitative estimate of drug-likeness (QED) is 0.777. The Morgan fingerprint density at radius 1 is 1.04 bits per heavy atom. The summed E-state index contributed by atoms with van der Waals surface area (Å²) in [5.41, 5.74) is 2.95. The number of halogens is 1. The van der Waals surface area contributed by atoms with Crippen molar-refractivity contribution >= 4 is 27.5 Å². The summed E-state index contributed by atoms with van der Waals surface area (Å²) in [4.78, 5) is 12.4. The van der Waals surface area contributed by atoms with E-state index >= 15 is 0 Å². The highest BCUT2D eigenvalue weighted by Gasteiger charge is 2.31. The van der Waals surface area contributed by atoms with Gasteiger partial charge in [-0.25, -0.2) is 12.7 Å². The SMILES string of the molecule is Cc1ccc(CNC(=O)C2CCN(S(=O)(=O)Cc3ccc(Cl)cc3)CC2)cc1. The fourth-order valence-corrected chi connectivity index (χ4v) is 5.01. The Morgan fingerprint density at radius 2 is 1.61 bits per heavy atom. The minimum absolute atomic E-state index is 0.00433. The van der Waals surface area contributed by atoms with Gasteiger partial charge in [0.2, 0.25) is 15.9 Å². The highest BCUT2D eigenvalue weighted by Crippen LogP contribution is 2.22. The van der Waals surface area contributed by atoms with Crippen molar-refractivity contribution in [2.75, 3.05) is 13.1 Å². The van der Waals surface area contributed by atoms with Crippen molar-refractivity contribution in [3.05, 3.63) is 70.2 Å². The maximum atomic E-state index is 12.6. The molecule has 0 radical (unpaired) electrons. The van der Waals surface area contributed by atoms with Gasteiger partial charge in [0.15, 0.2) is 0 Å². The van der Waals surface area contributed by atoms with Crippen molar-refractivity contribution in [1.82, 2.24) is 9.62 Å². The fourth-order valence-electron chi connectivity index (χ4n) is 3.32. The summed E-state index contributed by atoms with van der Waals surface area (Å²) >= 11 is 5.85. The van der Waals surface area contributed by atoms with E-state index in [0.717, 1.165) is 5.56 Å². The Bertz CT molecular complexity index is 904. The summed E-state index contributed by atoms with van der Waals surface area (Å²) in [6.45, 7) is 3.27. The second-order valence-corrected chi connectivity index (χ2v) is 9.66. The zero-order valence-corrected chi connectivity index (χ0v) is 17.5. The third-order valence-electron chi connectivity index (χ3n) is 5.07. The zero-order chi connectivity index (χ0) is 20.1. The van der Waals surface area contributed by atoms with E-state index in [2.05, 4.69) is 5.32 Å². The van der Waals surface area contributed by atoms with E-state index in [1.165, 1.54) is 9.87 Å². The van der Waals surface area contributed by atoms with Gasteiger partial charge < -0.3 is 5.32 Å². The molecule has 0 atom stereocenters. The van der Waals surface area contributed by atoms with Gasteiger partial charge in [-0.15, -0.1) is 0 Å². The van der Waals surface area contributed by atoms with Gasteiger partial charge >= 0.3 is 0 Å². The Balaban J connectivity index is 1.49. The van der Waals surface area contributed by atoms with Crippen molar-refractivity contribution in [2.24, 2.45) is 5.92 Å². The molecule has 0 unspecified atom stereocenters. The van der Waals surface area contributed by atoms with E-state index in [-0.39, 0.29) is 17.6 Å². The number of rotatable bonds is 6. The predicted molar refractivity (Wildman–Crippen MR) is 111 cm³/mol. The molecule has 0 aromatic heterocycles. The fraction of sp³-hybridized carbons (Fsp3) is 0.381. The molecule has 0 spiro atoms. The molecular weight excluding hydrogens is 396 g/mol. The molecule has 1 aliphatic rings. The molecule has 0 bridgehead atoms. The molecule has 1 saturated heterocycles. The first-order valence-electron chi connectivity index (χ1n) is 9.39. The number of amides is 1. The smallest absolute Gasteiger partial charge is 0.223 e. The van der Waals surface area contributed by atoms with Gasteiger partial charge in [-0.1, -0.05) is 53.6 Å². The standard InChI is InChI=1S/C21H25ClN2O3S/c1-16-2-4-17(5-3-16)14-23-21(25)19-10-12-24(13-11-19)28(26,27)15-18-6-8-20(22)9-7-18/h2-9,19H,10-15H2,1H3,(H,23,25). The maximum Gasteiger partial charge on any atom is 0.223 e. The van der Waals surface area contributed by atoms with Crippen LogP contribution in [-0.4, -0.2) is 31.7 Å². The van der Waals surface area contributed by atoms with Crippen LogP contribution in [0, 0.1) is 12.8 Å². The van der Waals surface area contributed by atoms with Gasteiger partial charge in [-0.3, -0.25) is 4.79 Å². The van der Waals surface area contributed by atoms with Crippen LogP contribution in [-0.2, 0) is 27.1 Å². The number of sulfonamides is 1. The number of aryl methyl sites for hydroxylation is 1. The van der Waals surface area contributed by atoms with Crippen LogP contribution < -0.4 is 5.32 Å². The summed E-state index contributed by atoms with van der Waals surface area (Å²) in [6, 6.07) is 14.9. The van der Waals surface area contributed by atoms with Crippen LogP contribution in [0.1, 0.15) is 29.5 Å². The number of nitrogens with one attached hydrogen (secondary N) is 1. The summed E-state index contributed by atoms with van der Waals surface area (Å²) in [5.74, 6) is -0.197. The molecule has 0 saturated carbocycles. The number of carbonyl (C=O) groups excluding carboxylic acids is 1. The number of nitrogens with zero attached hydrogens (tertiary/aromatic N) is 1. The maximum absolute atomic E-state index is 12.6. The van der Waals surface area contributed by atoms with Gasteiger partial charge in [0, 0.05) is 30.6 Å². The molecule has 1 aliphatic heterocycles. The molecule has 7 heteroatoms. The largest absolute Gasteiger partial charge is 0.352 e. The molecule has 2 aromatic rings. The van der Waals surface area contributed by atoms with E-state index in [0.29, 0.717) is 43.1 Å². The molecule has 150 valence electrons. The van der Waals surface area contributed by atoms with Gasteiger partial charge in [0.25, 0.3) is 0 Å². The number of hydrogen-bond donors (Lipinski definition) is 1. The molecule has 1 heterocycles. The van der Waals surface area contributed by atoms with Crippen LogP contribution in [0.2, 0.25) is 5.02 Å². The lowest BCUT2D eigenvalue weighted by molar-refractivity contribution is -0.126. The minimum Gasteiger partial charge on any atom is -0.352 e. The average molecular weight is 421 g/mol. The Morgan fingerprint density at radius 3 is 2.21 bits per heavy atom. The minimum atomic E-state index is -3.40. The number of benzene rings is 2. The lowest BCUT2D eigenvalue weighted by Gasteiger charge is -2.30. The Kier molecular flexibility index (Phi) is 6.75. The summed E-state index contributed by atoms with van der Waals surface area (Å²) in [7, 11) is -3.40. The second-order valence-electron chi connectivity index (χ2n) is 7.26. The van der Waals surface area contributed by atoms with Crippen LogP contribution in [0.25, 0.3) is 0 Å². The number of hydrogen-bond acceptors (Lipinski definition) is 3. The molecule has 0 aliphatic carbocycles. The van der Waals surface area contributed by atoms with Crippen LogP contribution >= 0.6 is 11.6 Å². The predicted octanol–water partition coefficient (Wildman–Crippen LogP) is 3.51. The highest BCUT2D eigenvalue weighted by molar-refractivity contribution is 7.88. The van der Waals surface area contributed by atoms with Crippen molar-refractivity contribution in [2.45, 2.75) is 32.1 Å². The van der Waals surface area contributed by atoms with Crippen LogP contribution in [0.4, 0.5) is 0 Å². The van der Waals surface area contributed by atoms with Gasteiger partial charge in [0.1, 0.15) is 0 Å². The highest BCUT2D eigenvalue weighted by atomic mass is 35.5. The van der Waals surface area contributed by atoms with Crippen LogP contribution in [0.5, 0.6) is 0 Å². The molecule has 28 heavy (non-hydrogen) atoms. The first-order valence-corrected chi connectivity index (χ1v) is 11.4. The van der Waals surface area contributed by atoms with Gasteiger partial charge in [-0.2, -0.15) is 0 Å². The molecule has 3 rings (SSSR count). The molecule has 1 amide bonds. The summed E-state index contributed by atoms with van der Waals surface area (Å²) in [5, 5.41) is 3.55. The van der Waals surface area contributed by atoms with Crippen molar-refractivity contribution in [1.29, 1.82) is 0 Å². The number of piperidine rings is 1. The van der Waals surface area contributed by atoms with E-state index in [9.17, 15) is 13.2 Å². The molecule has 5 nitrogen and oxygen atoms in total. The zero-order valence-electron chi connectivity index (χ0n) is 15.9.